The topological polar surface area (TPSA) is 65.3 Å². The molecule has 172 valence electrons. The van der Waals surface area contributed by atoms with Crippen molar-refractivity contribution in [1.29, 1.82) is 0 Å². The summed E-state index contributed by atoms with van der Waals surface area (Å²) in [5, 5.41) is 3.53. The highest BCUT2D eigenvalue weighted by atomic mass is 35.5. The van der Waals surface area contributed by atoms with Crippen molar-refractivity contribution in [2.45, 2.75) is 33.2 Å². The van der Waals surface area contributed by atoms with Crippen LogP contribution in [0.4, 0.5) is 5.69 Å². The quantitative estimate of drug-likeness (QED) is 0.366. The molecule has 0 radical (unpaired) electrons. The molecule has 1 aromatic heterocycles. The van der Waals surface area contributed by atoms with Crippen molar-refractivity contribution in [2.24, 2.45) is 0 Å². The van der Waals surface area contributed by atoms with Crippen LogP contribution in [0.3, 0.4) is 0 Å². The Morgan fingerprint density at radius 2 is 1.91 bits per heavy atom. The van der Waals surface area contributed by atoms with Crippen molar-refractivity contribution in [3.63, 3.8) is 0 Å². The summed E-state index contributed by atoms with van der Waals surface area (Å²) in [5.41, 5.74) is 4.59. The summed E-state index contributed by atoms with van der Waals surface area (Å²) in [5.74, 6) is 0.753. The fourth-order valence-electron chi connectivity index (χ4n) is 4.31. The van der Waals surface area contributed by atoms with Gasteiger partial charge in [0.1, 0.15) is 12.3 Å². The summed E-state index contributed by atoms with van der Waals surface area (Å²) in [6, 6.07) is 20.7. The van der Waals surface area contributed by atoms with Gasteiger partial charge in [0.15, 0.2) is 0 Å². The van der Waals surface area contributed by atoms with E-state index >= 15 is 0 Å². The van der Waals surface area contributed by atoms with Gasteiger partial charge >= 0.3 is 0 Å². The van der Waals surface area contributed by atoms with Crippen LogP contribution in [0.5, 0.6) is 11.6 Å². The molecule has 2 heterocycles. The Bertz CT molecular complexity index is 1470. The second kappa shape index (κ2) is 8.88. The highest BCUT2D eigenvalue weighted by molar-refractivity contribution is 6.30. The number of fused-ring (bicyclic) bond motifs is 2. The number of benzene rings is 3. The Kier molecular flexibility index (Phi) is 5.75. The molecule has 1 aliphatic rings. The van der Waals surface area contributed by atoms with Gasteiger partial charge in [-0.05, 0) is 60.9 Å². The molecule has 7 heteroatoms. The first-order valence-electron chi connectivity index (χ1n) is 11.2. The van der Waals surface area contributed by atoms with Gasteiger partial charge in [-0.1, -0.05) is 48.9 Å². The molecule has 0 aliphatic carbocycles. The molecule has 4 aromatic rings. The van der Waals surface area contributed by atoms with E-state index in [-0.39, 0.29) is 18.0 Å². The molecule has 34 heavy (non-hydrogen) atoms. The summed E-state index contributed by atoms with van der Waals surface area (Å²) >= 11 is 6.17. The van der Waals surface area contributed by atoms with Crippen LogP contribution in [0.15, 0.2) is 71.5 Å². The van der Waals surface area contributed by atoms with Crippen LogP contribution in [-0.2, 0) is 24.2 Å². The molecule has 0 bridgehead atoms. The number of halogens is 1. The Labute approximate surface area is 202 Å². The average molecular weight is 474 g/mol. The number of aryl methyl sites for hydroxylation is 2. The molecule has 0 atom stereocenters. The molecule has 5 rings (SSSR count). The predicted octanol–water partition coefficient (Wildman–Crippen LogP) is 5.50. The first-order chi connectivity index (χ1) is 16.4. The smallest absolute Gasteiger partial charge is 0.278 e. The lowest BCUT2D eigenvalue weighted by Gasteiger charge is -2.20. The van der Waals surface area contributed by atoms with Gasteiger partial charge in [0.05, 0.1) is 11.3 Å². The molecule has 1 amide bonds. The maximum atomic E-state index is 13.6. The van der Waals surface area contributed by atoms with Gasteiger partial charge < -0.3 is 10.1 Å². The van der Waals surface area contributed by atoms with E-state index in [2.05, 4.69) is 12.2 Å². The summed E-state index contributed by atoms with van der Waals surface area (Å²) in [7, 11) is 0. The third-order valence-corrected chi connectivity index (χ3v) is 6.27. The molecule has 0 fully saturated rings. The number of amides is 1. The first-order valence-corrected chi connectivity index (χ1v) is 11.6. The van der Waals surface area contributed by atoms with Crippen molar-refractivity contribution in [3.05, 3.63) is 104 Å². The zero-order valence-electron chi connectivity index (χ0n) is 19.0. The van der Waals surface area contributed by atoms with Crippen LogP contribution in [0.1, 0.15) is 29.2 Å². The summed E-state index contributed by atoms with van der Waals surface area (Å²) in [4.78, 5) is 26.7. The SMILES string of the molecule is CCc1cccc(NC(=O)Cn2c3c(c(=O)n2-c2ccccc2C)Cc2cc(Cl)ccc2O3)c1. The predicted molar refractivity (Wildman–Crippen MR) is 134 cm³/mol. The second-order valence-electron chi connectivity index (χ2n) is 8.38. The van der Waals surface area contributed by atoms with Crippen LogP contribution in [0.2, 0.25) is 5.02 Å². The molecule has 3 aromatic carbocycles. The number of nitrogens with one attached hydrogen (secondary N) is 1. The highest BCUT2D eigenvalue weighted by Gasteiger charge is 2.29. The maximum absolute atomic E-state index is 13.6. The van der Waals surface area contributed by atoms with Gasteiger partial charge in [0, 0.05) is 22.7 Å². The number of aromatic nitrogens is 2. The number of hydrogen-bond donors (Lipinski definition) is 1. The lowest BCUT2D eigenvalue weighted by molar-refractivity contribution is -0.117. The van der Waals surface area contributed by atoms with Crippen LogP contribution >= 0.6 is 11.6 Å². The lowest BCUT2D eigenvalue weighted by Crippen LogP contribution is -2.28. The Morgan fingerprint density at radius 3 is 2.71 bits per heavy atom. The van der Waals surface area contributed by atoms with Crippen molar-refractivity contribution < 1.29 is 9.53 Å². The van der Waals surface area contributed by atoms with E-state index in [1.165, 1.54) is 4.68 Å². The number of rotatable bonds is 5. The largest absolute Gasteiger partial charge is 0.439 e. The molecular formula is C27H24ClN3O3. The monoisotopic (exact) mass is 473 g/mol. The van der Waals surface area contributed by atoms with Crippen LogP contribution < -0.4 is 15.6 Å². The van der Waals surface area contributed by atoms with Gasteiger partial charge in [-0.3, -0.25) is 9.59 Å². The molecule has 1 aliphatic heterocycles. The third kappa shape index (κ3) is 4.01. The van der Waals surface area contributed by atoms with Gasteiger partial charge in [-0.25, -0.2) is 9.36 Å². The van der Waals surface area contributed by atoms with Gasteiger partial charge in [0.2, 0.25) is 11.8 Å². The van der Waals surface area contributed by atoms with E-state index < -0.39 is 0 Å². The normalized spacial score (nSPS) is 12.0. The molecule has 0 unspecified atom stereocenters. The molecule has 0 spiro atoms. The minimum Gasteiger partial charge on any atom is -0.439 e. The Morgan fingerprint density at radius 1 is 1.09 bits per heavy atom. The van der Waals surface area contributed by atoms with E-state index in [4.69, 9.17) is 16.3 Å². The summed E-state index contributed by atoms with van der Waals surface area (Å²) < 4.78 is 9.34. The van der Waals surface area contributed by atoms with Crippen LogP contribution in [0, 0.1) is 6.92 Å². The van der Waals surface area contributed by atoms with E-state index in [1.807, 2.05) is 61.5 Å². The molecular weight excluding hydrogens is 450 g/mol. The minimum atomic E-state index is -0.251. The average Bonchev–Trinajstić information content (AvgIpc) is 3.08. The number of anilines is 1. The van der Waals surface area contributed by atoms with Crippen LogP contribution in [0.25, 0.3) is 5.69 Å². The molecule has 0 saturated heterocycles. The zero-order valence-corrected chi connectivity index (χ0v) is 19.7. The minimum absolute atomic E-state index is 0.0851. The number of carbonyl (C=O) groups is 1. The van der Waals surface area contributed by atoms with Gasteiger partial charge in [0.25, 0.3) is 5.56 Å². The number of ether oxygens (including phenoxy) is 1. The lowest BCUT2D eigenvalue weighted by atomic mass is 10.0. The maximum Gasteiger partial charge on any atom is 0.278 e. The standard InChI is InChI=1S/C27H24ClN3O3/c1-3-18-8-6-9-21(13-18)29-25(32)16-30-27-22(15-19-14-20(28)11-12-24(19)34-27)26(33)31(30)23-10-5-4-7-17(23)2/h4-14H,3,15-16H2,1-2H3,(H,29,32). The Hall–Kier alpha value is -3.77. The van der Waals surface area contributed by atoms with Crippen molar-refractivity contribution in [1.82, 2.24) is 9.36 Å². The zero-order chi connectivity index (χ0) is 23.8. The fraction of sp³-hybridized carbons (Fsp3) is 0.185. The number of hydrogen-bond acceptors (Lipinski definition) is 3. The summed E-state index contributed by atoms with van der Waals surface area (Å²) in [6.45, 7) is 3.91. The second-order valence-corrected chi connectivity index (χ2v) is 8.81. The van der Waals surface area contributed by atoms with Crippen molar-refractivity contribution >= 4 is 23.2 Å². The van der Waals surface area contributed by atoms with Crippen molar-refractivity contribution in [3.8, 4) is 17.3 Å². The van der Waals surface area contributed by atoms with Gasteiger partial charge in [-0.15, -0.1) is 0 Å². The van der Waals surface area contributed by atoms with Crippen LogP contribution in [-0.4, -0.2) is 15.3 Å². The van der Waals surface area contributed by atoms with E-state index in [0.29, 0.717) is 34.3 Å². The Balaban J connectivity index is 1.58. The third-order valence-electron chi connectivity index (χ3n) is 6.04. The van der Waals surface area contributed by atoms with Crippen molar-refractivity contribution in [2.75, 3.05) is 5.32 Å². The number of carbonyl (C=O) groups excluding carboxylic acids is 1. The fourth-order valence-corrected chi connectivity index (χ4v) is 4.50. The number of nitrogens with zero attached hydrogens (tertiary/aromatic N) is 2. The molecule has 0 saturated carbocycles. The van der Waals surface area contributed by atoms with E-state index in [9.17, 15) is 9.59 Å². The molecule has 1 N–H and O–H groups in total. The number of para-hydroxylation sites is 1. The first kappa shape index (κ1) is 22.0. The summed E-state index contributed by atoms with van der Waals surface area (Å²) in [6.07, 6.45) is 1.25. The van der Waals surface area contributed by atoms with E-state index in [1.54, 1.807) is 16.8 Å². The highest BCUT2D eigenvalue weighted by Crippen LogP contribution is 2.37. The van der Waals surface area contributed by atoms with E-state index in [0.717, 1.165) is 28.8 Å². The molecule has 6 nitrogen and oxygen atoms in total. The van der Waals surface area contributed by atoms with Gasteiger partial charge in [-0.2, -0.15) is 0 Å².